The lowest BCUT2D eigenvalue weighted by molar-refractivity contribution is 0.187. The molecule has 2 heterocycles. The van der Waals surface area contributed by atoms with Gasteiger partial charge in [-0.2, -0.15) is 0 Å². The van der Waals surface area contributed by atoms with Crippen LogP contribution in [0.5, 0.6) is 0 Å². The van der Waals surface area contributed by atoms with Crippen molar-refractivity contribution in [3.05, 3.63) is 72.1 Å². The fourth-order valence-electron chi connectivity index (χ4n) is 3.67. The number of carbonyl (C=O) groups excluding carboxylic acids is 1. The summed E-state index contributed by atoms with van der Waals surface area (Å²) >= 11 is 0. The molecule has 1 fully saturated rings. The second kappa shape index (κ2) is 9.23. The Morgan fingerprint density at radius 3 is 2.72 bits per heavy atom. The summed E-state index contributed by atoms with van der Waals surface area (Å²) in [6.07, 6.45) is 4.68. The van der Waals surface area contributed by atoms with Crippen molar-refractivity contribution in [2.45, 2.75) is 39.3 Å². The summed E-state index contributed by atoms with van der Waals surface area (Å²) in [4.78, 5) is 21.5. The number of pyridine rings is 1. The van der Waals surface area contributed by atoms with Crippen LogP contribution < -0.4 is 5.32 Å². The molecular formula is C24H32N4O. The molecule has 2 amide bonds. The fourth-order valence-corrected chi connectivity index (χ4v) is 3.67. The van der Waals surface area contributed by atoms with Gasteiger partial charge in [0.1, 0.15) is 0 Å². The third-order valence-corrected chi connectivity index (χ3v) is 5.50. The van der Waals surface area contributed by atoms with Crippen molar-refractivity contribution < 1.29 is 4.79 Å². The number of nitrogens with zero attached hydrogens (tertiary/aromatic N) is 3. The monoisotopic (exact) mass is 392 g/mol. The van der Waals surface area contributed by atoms with Crippen LogP contribution in [0.1, 0.15) is 43.9 Å². The van der Waals surface area contributed by atoms with Crippen LogP contribution in [0, 0.1) is 0 Å². The Kier molecular flexibility index (Phi) is 6.70. The maximum atomic E-state index is 13.0. The first-order valence-corrected chi connectivity index (χ1v) is 10.3. The number of allylic oxidation sites excluding steroid dienone is 1. The summed E-state index contributed by atoms with van der Waals surface area (Å²) in [6, 6.07) is 12.3. The number of amides is 2. The molecule has 154 valence electrons. The molecule has 1 aromatic carbocycles. The molecule has 1 aliphatic rings. The molecule has 2 aromatic rings. The molecule has 0 radical (unpaired) electrons. The zero-order valence-corrected chi connectivity index (χ0v) is 17.8. The van der Waals surface area contributed by atoms with E-state index in [9.17, 15) is 4.79 Å². The number of nitrogens with one attached hydrogen (secondary N) is 1. The molecule has 0 saturated carbocycles. The highest BCUT2D eigenvalue weighted by Crippen LogP contribution is 2.24. The highest BCUT2D eigenvalue weighted by molar-refractivity contribution is 5.75. The van der Waals surface area contributed by atoms with Gasteiger partial charge in [-0.1, -0.05) is 36.4 Å². The van der Waals surface area contributed by atoms with E-state index in [1.807, 2.05) is 30.2 Å². The highest BCUT2D eigenvalue weighted by Gasteiger charge is 2.27. The summed E-state index contributed by atoms with van der Waals surface area (Å²) in [5.74, 6) is 0. The minimum Gasteiger partial charge on any atom is -0.329 e. The van der Waals surface area contributed by atoms with Gasteiger partial charge >= 0.3 is 6.03 Å². The summed E-state index contributed by atoms with van der Waals surface area (Å²) in [5, 5.41) is 3.23. The molecule has 3 rings (SSSR count). The first-order chi connectivity index (χ1) is 13.8. The molecular weight excluding hydrogens is 360 g/mol. The topological polar surface area (TPSA) is 48.5 Å². The van der Waals surface area contributed by atoms with E-state index in [1.54, 1.807) is 6.20 Å². The molecule has 29 heavy (non-hydrogen) atoms. The van der Waals surface area contributed by atoms with E-state index in [-0.39, 0.29) is 6.03 Å². The highest BCUT2D eigenvalue weighted by atomic mass is 16.2. The number of urea groups is 1. The van der Waals surface area contributed by atoms with Crippen LogP contribution in [0.25, 0.3) is 5.57 Å². The molecule has 0 aliphatic carbocycles. The Bertz CT molecular complexity index is 847. The van der Waals surface area contributed by atoms with Crippen molar-refractivity contribution in [3.8, 4) is 0 Å². The average molecular weight is 393 g/mol. The van der Waals surface area contributed by atoms with Crippen LogP contribution in [-0.4, -0.2) is 47.0 Å². The van der Waals surface area contributed by atoms with Crippen LogP contribution >= 0.6 is 0 Å². The first kappa shape index (κ1) is 21.1. The van der Waals surface area contributed by atoms with Gasteiger partial charge in [0.15, 0.2) is 0 Å². The van der Waals surface area contributed by atoms with Crippen molar-refractivity contribution in [2.24, 2.45) is 0 Å². The average Bonchev–Trinajstić information content (AvgIpc) is 2.94. The Balaban J connectivity index is 1.60. The Labute approximate surface area is 174 Å². The van der Waals surface area contributed by atoms with E-state index < -0.39 is 5.54 Å². The molecule has 1 N–H and O–H groups in total. The van der Waals surface area contributed by atoms with Crippen LogP contribution in [-0.2, 0) is 12.1 Å². The van der Waals surface area contributed by atoms with Crippen molar-refractivity contribution in [2.75, 3.05) is 26.2 Å². The second-order valence-corrected chi connectivity index (χ2v) is 8.39. The maximum Gasteiger partial charge on any atom is 0.318 e. The second-order valence-electron chi connectivity index (χ2n) is 8.39. The van der Waals surface area contributed by atoms with Gasteiger partial charge in [0.25, 0.3) is 0 Å². The first-order valence-electron chi connectivity index (χ1n) is 10.3. The number of aromatic nitrogens is 1. The summed E-state index contributed by atoms with van der Waals surface area (Å²) < 4.78 is 0. The number of hydrogen-bond acceptors (Lipinski definition) is 3. The van der Waals surface area contributed by atoms with Crippen LogP contribution in [0.4, 0.5) is 4.79 Å². The molecule has 1 aliphatic heterocycles. The number of hydrogen-bond donors (Lipinski definition) is 1. The van der Waals surface area contributed by atoms with Gasteiger partial charge in [-0.05, 0) is 56.0 Å². The van der Waals surface area contributed by atoms with Crippen LogP contribution in [0.2, 0.25) is 0 Å². The van der Waals surface area contributed by atoms with Gasteiger partial charge in [-0.3, -0.25) is 9.88 Å². The van der Waals surface area contributed by atoms with Crippen molar-refractivity contribution >= 4 is 11.6 Å². The lowest BCUT2D eigenvalue weighted by atomic mass is 9.92. The van der Waals surface area contributed by atoms with E-state index in [0.29, 0.717) is 0 Å². The largest absolute Gasteiger partial charge is 0.329 e. The predicted molar refractivity (Wildman–Crippen MR) is 118 cm³/mol. The summed E-state index contributed by atoms with van der Waals surface area (Å²) in [7, 11) is 0. The van der Waals surface area contributed by atoms with Crippen LogP contribution in [0.3, 0.4) is 0 Å². The molecule has 0 bridgehead atoms. The number of carbonyl (C=O) groups is 1. The van der Waals surface area contributed by atoms with E-state index >= 15 is 0 Å². The third-order valence-electron chi connectivity index (χ3n) is 5.50. The zero-order valence-electron chi connectivity index (χ0n) is 17.8. The summed E-state index contributed by atoms with van der Waals surface area (Å²) in [6.45, 7) is 14.4. The molecule has 1 aromatic heterocycles. The quantitative estimate of drug-likeness (QED) is 0.827. The van der Waals surface area contributed by atoms with Gasteiger partial charge in [0.2, 0.25) is 0 Å². The fraction of sp³-hybridized carbons (Fsp3) is 0.417. The van der Waals surface area contributed by atoms with Crippen molar-refractivity contribution in [1.82, 2.24) is 20.1 Å². The molecule has 5 heteroatoms. The minimum absolute atomic E-state index is 0.000967. The summed E-state index contributed by atoms with van der Waals surface area (Å²) in [5.41, 5.74) is 3.97. The normalized spacial score (nSPS) is 15.6. The van der Waals surface area contributed by atoms with E-state index in [4.69, 9.17) is 0 Å². The van der Waals surface area contributed by atoms with E-state index in [1.165, 1.54) is 5.56 Å². The zero-order chi connectivity index (χ0) is 20.9. The number of rotatable bonds is 5. The van der Waals surface area contributed by atoms with Gasteiger partial charge in [0.05, 0.1) is 5.54 Å². The smallest absolute Gasteiger partial charge is 0.318 e. The van der Waals surface area contributed by atoms with Crippen molar-refractivity contribution in [3.63, 3.8) is 0 Å². The van der Waals surface area contributed by atoms with Gasteiger partial charge < -0.3 is 10.2 Å². The van der Waals surface area contributed by atoms with Gasteiger partial charge in [0, 0.05) is 45.1 Å². The standard InChI is InChI=1S/C24H32N4O/c1-19(2)21-9-5-10-22(16-21)24(3,4)26-23(29)28-13-7-12-27(14-15-28)18-20-8-6-11-25-17-20/h5-6,8-11,16-17H,1,7,12-15,18H2,2-4H3,(H,26,29). The Hall–Kier alpha value is -2.66. The SMILES string of the molecule is C=C(C)c1cccc(C(C)(C)NC(=O)N2CCCN(Cc3cccnc3)CC2)c1. The van der Waals surface area contributed by atoms with E-state index in [0.717, 1.165) is 55.8 Å². The van der Waals surface area contributed by atoms with Crippen LogP contribution in [0.15, 0.2) is 55.4 Å². The van der Waals surface area contributed by atoms with Crippen molar-refractivity contribution in [1.29, 1.82) is 0 Å². The maximum absolute atomic E-state index is 13.0. The molecule has 0 unspecified atom stereocenters. The lowest BCUT2D eigenvalue weighted by Crippen LogP contribution is -2.49. The Morgan fingerprint density at radius 1 is 1.17 bits per heavy atom. The number of benzene rings is 1. The molecule has 5 nitrogen and oxygen atoms in total. The van der Waals surface area contributed by atoms with Gasteiger partial charge in [-0.25, -0.2) is 4.79 Å². The lowest BCUT2D eigenvalue weighted by Gasteiger charge is -2.31. The Morgan fingerprint density at radius 2 is 2.00 bits per heavy atom. The van der Waals surface area contributed by atoms with E-state index in [2.05, 4.69) is 59.9 Å². The third kappa shape index (κ3) is 5.67. The minimum atomic E-state index is -0.454. The van der Waals surface area contributed by atoms with Gasteiger partial charge in [-0.15, -0.1) is 0 Å². The molecule has 0 spiro atoms. The molecule has 0 atom stereocenters. The molecule has 1 saturated heterocycles. The predicted octanol–water partition coefficient (Wildman–Crippen LogP) is 4.27.